The smallest absolute Gasteiger partial charge is 0.137 e. The van der Waals surface area contributed by atoms with Crippen molar-refractivity contribution in [3.05, 3.63) is 24.3 Å². The van der Waals surface area contributed by atoms with E-state index in [0.717, 1.165) is 0 Å². The van der Waals surface area contributed by atoms with E-state index in [-0.39, 0.29) is 18.0 Å². The number of fused-ring (bicyclic) bond motifs is 1. The maximum absolute atomic E-state index is 10.0. The molecule has 0 heterocycles. The Morgan fingerprint density at radius 1 is 1.08 bits per heavy atom. The molecule has 0 aliphatic heterocycles. The molecular weight excluding hydrogens is 164 g/mol. The van der Waals surface area contributed by atoms with Crippen LogP contribution in [0.2, 0.25) is 0 Å². The fourth-order valence-electron chi connectivity index (χ4n) is 1.03. The van der Waals surface area contributed by atoms with Crippen molar-refractivity contribution in [2.24, 2.45) is 0 Å². The fourth-order valence-corrected chi connectivity index (χ4v) is 1.03. The Balaban J connectivity index is 0.000000130. The van der Waals surface area contributed by atoms with E-state index in [2.05, 4.69) is 24.3 Å². The third kappa shape index (κ3) is 3.65. The first-order valence-corrected chi connectivity index (χ1v) is 4.19. The SMILES string of the molecule is CC(=O)CC(C)=O.c1cc2cc-2c1. The third-order valence-electron chi connectivity index (χ3n) is 1.61. The number of rotatable bonds is 2. The summed E-state index contributed by atoms with van der Waals surface area (Å²) in [6.07, 6.45) is 0.0833. The van der Waals surface area contributed by atoms with Crippen LogP contribution in [0.3, 0.4) is 0 Å². The van der Waals surface area contributed by atoms with Crippen LogP contribution in [0.1, 0.15) is 20.3 Å². The van der Waals surface area contributed by atoms with Gasteiger partial charge in [0, 0.05) is 0 Å². The lowest BCUT2D eigenvalue weighted by molar-refractivity contribution is -0.124. The number of carbonyl (C=O) groups excluding carboxylic acids is 2. The third-order valence-corrected chi connectivity index (χ3v) is 1.61. The van der Waals surface area contributed by atoms with Crippen LogP contribution in [0.15, 0.2) is 24.3 Å². The molecule has 0 atom stereocenters. The Labute approximate surface area is 77.6 Å². The van der Waals surface area contributed by atoms with E-state index in [4.69, 9.17) is 0 Å². The second kappa shape index (κ2) is 3.99. The molecule has 0 unspecified atom stereocenters. The van der Waals surface area contributed by atoms with Crippen LogP contribution in [0, 0.1) is 0 Å². The summed E-state index contributed by atoms with van der Waals surface area (Å²) in [4.78, 5) is 20.1. The van der Waals surface area contributed by atoms with E-state index in [1.54, 1.807) is 0 Å². The Morgan fingerprint density at radius 2 is 1.54 bits per heavy atom. The fraction of sp³-hybridized carbons (Fsp3) is 0.273. The minimum Gasteiger partial charge on any atom is -0.300 e. The van der Waals surface area contributed by atoms with Crippen LogP contribution in [0.4, 0.5) is 0 Å². The predicted molar refractivity (Wildman–Crippen MR) is 51.4 cm³/mol. The molecule has 2 aliphatic carbocycles. The van der Waals surface area contributed by atoms with Crippen LogP contribution in [0.25, 0.3) is 11.1 Å². The molecule has 0 aromatic heterocycles. The molecule has 0 amide bonds. The molecule has 2 aliphatic rings. The number of hydrogen-bond acceptors (Lipinski definition) is 2. The van der Waals surface area contributed by atoms with Crippen molar-refractivity contribution in [1.29, 1.82) is 0 Å². The summed E-state index contributed by atoms with van der Waals surface area (Å²) in [6.45, 7) is 2.81. The first kappa shape index (κ1) is 9.65. The highest BCUT2D eigenvalue weighted by Crippen LogP contribution is 2.32. The van der Waals surface area contributed by atoms with E-state index >= 15 is 0 Å². The van der Waals surface area contributed by atoms with Crippen molar-refractivity contribution in [2.45, 2.75) is 20.3 Å². The standard InChI is InChI=1S/C6H4.C5H8O2/c1-2-5-4-6(5)3-1;1-4(6)3-5(2)7/h1-4H;3H2,1-2H3. The average Bonchev–Trinajstić information content (AvgIpc) is 2.57. The van der Waals surface area contributed by atoms with Crippen molar-refractivity contribution >= 4 is 11.6 Å². The number of Topliss-reactive ketones (excluding diaryl/α,β-unsaturated/α-hetero) is 2. The topological polar surface area (TPSA) is 34.1 Å². The molecule has 13 heavy (non-hydrogen) atoms. The van der Waals surface area contributed by atoms with Gasteiger partial charge in [0.15, 0.2) is 0 Å². The summed E-state index contributed by atoms with van der Waals surface area (Å²) < 4.78 is 0. The quantitative estimate of drug-likeness (QED) is 0.657. The van der Waals surface area contributed by atoms with Gasteiger partial charge in [0.1, 0.15) is 11.6 Å². The summed E-state index contributed by atoms with van der Waals surface area (Å²) in [5.41, 5.74) is 2.85. The summed E-state index contributed by atoms with van der Waals surface area (Å²) in [5.74, 6) is -0.125. The zero-order chi connectivity index (χ0) is 9.84. The molecule has 0 radical (unpaired) electrons. The zero-order valence-corrected chi connectivity index (χ0v) is 7.83. The monoisotopic (exact) mass is 176 g/mol. The Morgan fingerprint density at radius 3 is 1.62 bits per heavy atom. The Kier molecular flexibility index (Phi) is 2.96. The lowest BCUT2D eigenvalue weighted by Gasteiger charge is -1.81. The second-order valence-electron chi connectivity index (χ2n) is 3.16. The largest absolute Gasteiger partial charge is 0.300 e. The van der Waals surface area contributed by atoms with E-state index < -0.39 is 0 Å². The van der Waals surface area contributed by atoms with Crippen molar-refractivity contribution in [1.82, 2.24) is 0 Å². The van der Waals surface area contributed by atoms with Crippen molar-refractivity contribution in [2.75, 3.05) is 0 Å². The van der Waals surface area contributed by atoms with Gasteiger partial charge < -0.3 is 0 Å². The van der Waals surface area contributed by atoms with Gasteiger partial charge in [-0.25, -0.2) is 0 Å². The van der Waals surface area contributed by atoms with Crippen LogP contribution in [0.5, 0.6) is 0 Å². The molecule has 0 spiro atoms. The van der Waals surface area contributed by atoms with Gasteiger partial charge in [-0.15, -0.1) is 0 Å². The average molecular weight is 176 g/mol. The second-order valence-corrected chi connectivity index (χ2v) is 3.16. The normalized spacial score (nSPS) is 9.69. The highest BCUT2D eigenvalue weighted by molar-refractivity contribution is 5.96. The molecular formula is C11H12O2. The minimum atomic E-state index is -0.0625. The lowest BCUT2D eigenvalue weighted by Crippen LogP contribution is -1.97. The van der Waals surface area contributed by atoms with Gasteiger partial charge in [-0.2, -0.15) is 0 Å². The maximum Gasteiger partial charge on any atom is 0.137 e. The van der Waals surface area contributed by atoms with Crippen LogP contribution in [-0.4, -0.2) is 11.6 Å². The molecule has 0 bridgehead atoms. The summed E-state index contributed by atoms with van der Waals surface area (Å²) >= 11 is 0. The Hall–Kier alpha value is -1.44. The lowest BCUT2D eigenvalue weighted by atomic mass is 10.2. The van der Waals surface area contributed by atoms with Gasteiger partial charge in [0.05, 0.1) is 6.42 Å². The maximum atomic E-state index is 10.0. The van der Waals surface area contributed by atoms with Gasteiger partial charge in [-0.1, -0.05) is 18.2 Å². The Bertz CT molecular complexity index is 310. The molecule has 0 saturated heterocycles. The molecule has 0 saturated carbocycles. The number of hydrogen-bond donors (Lipinski definition) is 0. The molecule has 0 N–H and O–H groups in total. The van der Waals surface area contributed by atoms with Crippen LogP contribution >= 0.6 is 0 Å². The van der Waals surface area contributed by atoms with Gasteiger partial charge in [-0.05, 0) is 31.0 Å². The molecule has 68 valence electrons. The summed E-state index contributed by atoms with van der Waals surface area (Å²) in [6, 6.07) is 8.48. The predicted octanol–water partition coefficient (Wildman–Crippen LogP) is 2.22. The van der Waals surface area contributed by atoms with Crippen LogP contribution < -0.4 is 0 Å². The van der Waals surface area contributed by atoms with Gasteiger partial charge >= 0.3 is 0 Å². The van der Waals surface area contributed by atoms with E-state index in [9.17, 15) is 9.59 Å². The highest BCUT2D eigenvalue weighted by Gasteiger charge is 2.06. The minimum absolute atomic E-state index is 0.0625. The first-order valence-electron chi connectivity index (χ1n) is 4.19. The molecule has 0 aromatic rings. The number of benzene rings is 1. The summed E-state index contributed by atoms with van der Waals surface area (Å²) in [5, 5.41) is 0. The van der Waals surface area contributed by atoms with Gasteiger partial charge in [-0.3, -0.25) is 9.59 Å². The molecule has 0 aromatic carbocycles. The van der Waals surface area contributed by atoms with Gasteiger partial charge in [0.2, 0.25) is 0 Å². The van der Waals surface area contributed by atoms with Gasteiger partial charge in [0.25, 0.3) is 0 Å². The first-order chi connectivity index (χ1) is 6.09. The summed E-state index contributed by atoms with van der Waals surface area (Å²) in [7, 11) is 0. The van der Waals surface area contributed by atoms with E-state index in [1.807, 2.05) is 0 Å². The number of carbonyl (C=O) groups is 2. The zero-order valence-electron chi connectivity index (χ0n) is 7.83. The molecule has 2 nitrogen and oxygen atoms in total. The van der Waals surface area contributed by atoms with E-state index in [1.165, 1.54) is 25.0 Å². The molecule has 0 fully saturated rings. The molecule has 2 rings (SSSR count). The highest BCUT2D eigenvalue weighted by atomic mass is 16.1. The van der Waals surface area contributed by atoms with E-state index in [0.29, 0.717) is 0 Å². The van der Waals surface area contributed by atoms with Crippen molar-refractivity contribution < 1.29 is 9.59 Å². The van der Waals surface area contributed by atoms with Crippen molar-refractivity contribution in [3.63, 3.8) is 0 Å². The van der Waals surface area contributed by atoms with Crippen molar-refractivity contribution in [3.8, 4) is 11.1 Å². The van der Waals surface area contributed by atoms with Crippen LogP contribution in [-0.2, 0) is 9.59 Å². The number of ketones is 2. The molecule has 2 heteroatoms.